The van der Waals surface area contributed by atoms with Crippen LogP contribution in [0.15, 0.2) is 36.4 Å². The van der Waals surface area contributed by atoms with Crippen LogP contribution in [-0.4, -0.2) is 18.4 Å². The minimum Gasteiger partial charge on any atom is -0.426 e. The Kier molecular flexibility index (Phi) is 4.62. The summed E-state index contributed by atoms with van der Waals surface area (Å²) in [5.41, 5.74) is 5.09. The van der Waals surface area contributed by atoms with E-state index in [-0.39, 0.29) is 18.3 Å². The highest BCUT2D eigenvalue weighted by Crippen LogP contribution is 2.30. The van der Waals surface area contributed by atoms with E-state index in [4.69, 9.17) is 4.74 Å². The van der Waals surface area contributed by atoms with Gasteiger partial charge < -0.3 is 9.64 Å². The zero-order chi connectivity index (χ0) is 18.1. The Bertz CT molecular complexity index is 821. The number of hydrogen-bond donors (Lipinski definition) is 0. The molecule has 130 valence electrons. The summed E-state index contributed by atoms with van der Waals surface area (Å²) in [5.74, 6) is -0.268. The number of aryl methyl sites for hydroxylation is 4. The predicted molar refractivity (Wildman–Crippen MR) is 97.9 cm³/mol. The van der Waals surface area contributed by atoms with Crippen LogP contribution in [0.5, 0.6) is 5.75 Å². The summed E-state index contributed by atoms with van der Waals surface area (Å²) >= 11 is 0. The Hall–Kier alpha value is -2.62. The van der Waals surface area contributed by atoms with E-state index >= 15 is 0 Å². The summed E-state index contributed by atoms with van der Waals surface area (Å²) in [6.45, 7) is 8.27. The normalized spacial score (nSPS) is 17.0. The van der Waals surface area contributed by atoms with Gasteiger partial charge in [-0.25, -0.2) is 0 Å². The summed E-state index contributed by atoms with van der Waals surface area (Å²) in [4.78, 5) is 26.6. The highest BCUT2D eigenvalue weighted by molar-refractivity contribution is 6.00. The molecule has 0 saturated carbocycles. The molecule has 3 rings (SSSR count). The lowest BCUT2D eigenvalue weighted by Gasteiger charge is -2.19. The Morgan fingerprint density at radius 1 is 1.00 bits per heavy atom. The van der Waals surface area contributed by atoms with Gasteiger partial charge in [0.1, 0.15) is 5.75 Å². The van der Waals surface area contributed by atoms with Crippen molar-refractivity contribution in [1.29, 1.82) is 0 Å². The van der Waals surface area contributed by atoms with Crippen LogP contribution in [0.2, 0.25) is 0 Å². The fourth-order valence-electron chi connectivity index (χ4n) is 3.30. The van der Waals surface area contributed by atoms with Gasteiger partial charge in [0.05, 0.1) is 5.92 Å². The second kappa shape index (κ2) is 6.71. The molecule has 0 unspecified atom stereocenters. The number of amides is 1. The molecule has 1 fully saturated rings. The van der Waals surface area contributed by atoms with Crippen LogP contribution >= 0.6 is 0 Å². The third kappa shape index (κ3) is 3.73. The monoisotopic (exact) mass is 337 g/mol. The Morgan fingerprint density at radius 2 is 1.68 bits per heavy atom. The van der Waals surface area contributed by atoms with E-state index in [1.54, 1.807) is 4.90 Å². The average molecular weight is 337 g/mol. The topological polar surface area (TPSA) is 46.6 Å². The molecule has 2 aromatic rings. The largest absolute Gasteiger partial charge is 0.426 e. The number of ether oxygens (including phenoxy) is 1. The summed E-state index contributed by atoms with van der Waals surface area (Å²) in [6.07, 6.45) is 0.191. The average Bonchev–Trinajstić information content (AvgIpc) is 2.90. The van der Waals surface area contributed by atoms with E-state index in [0.29, 0.717) is 12.3 Å². The molecule has 0 N–H and O–H groups in total. The first-order chi connectivity index (χ1) is 11.8. The van der Waals surface area contributed by atoms with Gasteiger partial charge in [-0.2, -0.15) is 0 Å². The zero-order valence-electron chi connectivity index (χ0n) is 15.1. The van der Waals surface area contributed by atoms with Crippen molar-refractivity contribution in [3.63, 3.8) is 0 Å². The standard InChI is InChI=1S/C21H23NO3/c1-13-5-6-16(4)19(10-13)22-12-17(11-20(22)23)21(24)25-18-8-14(2)7-15(3)9-18/h5-10,17H,11-12H2,1-4H3/t17-/m0/s1. The van der Waals surface area contributed by atoms with Gasteiger partial charge >= 0.3 is 5.97 Å². The number of nitrogens with zero attached hydrogens (tertiary/aromatic N) is 1. The molecule has 25 heavy (non-hydrogen) atoms. The van der Waals surface area contributed by atoms with Crippen molar-refractivity contribution in [3.05, 3.63) is 58.7 Å². The Morgan fingerprint density at radius 3 is 2.36 bits per heavy atom. The van der Waals surface area contributed by atoms with Gasteiger partial charge in [-0.15, -0.1) is 0 Å². The van der Waals surface area contributed by atoms with Gasteiger partial charge in [-0.05, 0) is 68.1 Å². The Labute approximate surface area is 148 Å². The molecular formula is C21H23NO3. The van der Waals surface area contributed by atoms with Crippen molar-refractivity contribution < 1.29 is 14.3 Å². The quantitative estimate of drug-likeness (QED) is 0.631. The lowest BCUT2D eigenvalue weighted by molar-refractivity contribution is -0.139. The van der Waals surface area contributed by atoms with Crippen molar-refractivity contribution in [2.75, 3.05) is 11.4 Å². The van der Waals surface area contributed by atoms with Crippen molar-refractivity contribution in [1.82, 2.24) is 0 Å². The van der Waals surface area contributed by atoms with Crippen LogP contribution in [0.25, 0.3) is 0 Å². The molecule has 1 amide bonds. The van der Waals surface area contributed by atoms with E-state index < -0.39 is 5.92 Å². The molecule has 0 aliphatic carbocycles. The molecule has 1 aliphatic heterocycles. The number of esters is 1. The van der Waals surface area contributed by atoms with Gasteiger partial charge in [0.15, 0.2) is 0 Å². The van der Waals surface area contributed by atoms with Crippen molar-refractivity contribution in [2.45, 2.75) is 34.1 Å². The van der Waals surface area contributed by atoms with E-state index in [0.717, 1.165) is 27.9 Å². The highest BCUT2D eigenvalue weighted by Gasteiger charge is 2.37. The molecule has 1 aliphatic rings. The van der Waals surface area contributed by atoms with E-state index in [1.807, 2.05) is 64.1 Å². The Balaban J connectivity index is 1.75. The van der Waals surface area contributed by atoms with E-state index in [9.17, 15) is 9.59 Å². The SMILES string of the molecule is Cc1cc(C)cc(OC(=O)[C@H]2CC(=O)N(c3cc(C)ccc3C)C2)c1. The first-order valence-electron chi connectivity index (χ1n) is 8.51. The highest BCUT2D eigenvalue weighted by atomic mass is 16.5. The van der Waals surface area contributed by atoms with Gasteiger partial charge in [-0.1, -0.05) is 18.2 Å². The maximum atomic E-state index is 12.5. The molecule has 1 saturated heterocycles. The minimum atomic E-state index is -0.437. The van der Waals surface area contributed by atoms with Crippen molar-refractivity contribution >= 4 is 17.6 Å². The lowest BCUT2D eigenvalue weighted by Crippen LogP contribution is -2.28. The molecule has 0 aromatic heterocycles. The number of hydrogen-bond acceptors (Lipinski definition) is 3. The number of benzene rings is 2. The van der Waals surface area contributed by atoms with Crippen molar-refractivity contribution in [2.24, 2.45) is 5.92 Å². The van der Waals surface area contributed by atoms with Crippen LogP contribution in [0.1, 0.15) is 28.7 Å². The third-order valence-electron chi connectivity index (χ3n) is 4.53. The minimum absolute atomic E-state index is 0.0314. The number of anilines is 1. The van der Waals surface area contributed by atoms with Gasteiger partial charge in [-0.3, -0.25) is 9.59 Å². The maximum absolute atomic E-state index is 12.5. The molecule has 1 atom stereocenters. The summed E-state index contributed by atoms with van der Waals surface area (Å²) in [7, 11) is 0. The van der Waals surface area contributed by atoms with Gasteiger partial charge in [0, 0.05) is 18.7 Å². The van der Waals surface area contributed by atoms with Crippen LogP contribution in [-0.2, 0) is 9.59 Å². The number of rotatable bonds is 3. The second-order valence-corrected chi connectivity index (χ2v) is 6.94. The van der Waals surface area contributed by atoms with Crippen LogP contribution in [0.4, 0.5) is 5.69 Å². The molecule has 2 aromatic carbocycles. The molecule has 4 nitrogen and oxygen atoms in total. The van der Waals surface area contributed by atoms with Gasteiger partial charge in [0.25, 0.3) is 0 Å². The van der Waals surface area contributed by atoms with Crippen LogP contribution in [0.3, 0.4) is 0 Å². The molecule has 0 bridgehead atoms. The van der Waals surface area contributed by atoms with Gasteiger partial charge in [0.2, 0.25) is 5.91 Å². The molecule has 0 spiro atoms. The summed E-state index contributed by atoms with van der Waals surface area (Å²) < 4.78 is 5.53. The van der Waals surface area contributed by atoms with E-state index in [1.165, 1.54) is 0 Å². The fourth-order valence-corrected chi connectivity index (χ4v) is 3.30. The summed E-state index contributed by atoms with van der Waals surface area (Å²) in [6, 6.07) is 11.7. The van der Waals surface area contributed by atoms with Crippen LogP contribution < -0.4 is 9.64 Å². The predicted octanol–water partition coefficient (Wildman–Crippen LogP) is 3.88. The van der Waals surface area contributed by atoms with E-state index in [2.05, 4.69) is 0 Å². The lowest BCUT2D eigenvalue weighted by atomic mass is 10.1. The maximum Gasteiger partial charge on any atom is 0.316 e. The molecule has 4 heteroatoms. The molecule has 1 heterocycles. The summed E-state index contributed by atoms with van der Waals surface area (Å²) in [5, 5.41) is 0. The smallest absolute Gasteiger partial charge is 0.316 e. The fraction of sp³-hybridized carbons (Fsp3) is 0.333. The number of carbonyl (C=O) groups excluding carboxylic acids is 2. The second-order valence-electron chi connectivity index (χ2n) is 6.94. The third-order valence-corrected chi connectivity index (χ3v) is 4.53. The first kappa shape index (κ1) is 17.2. The molecule has 0 radical (unpaired) electrons. The zero-order valence-corrected chi connectivity index (χ0v) is 15.1. The number of carbonyl (C=O) groups is 2. The van der Waals surface area contributed by atoms with Crippen molar-refractivity contribution in [3.8, 4) is 5.75 Å². The molecular weight excluding hydrogens is 314 g/mol. The van der Waals surface area contributed by atoms with Crippen LogP contribution in [0, 0.1) is 33.6 Å². The first-order valence-corrected chi connectivity index (χ1v) is 8.51.